The van der Waals surface area contributed by atoms with Crippen LogP contribution in [-0.2, 0) is 6.54 Å². The summed E-state index contributed by atoms with van der Waals surface area (Å²) in [5, 5.41) is 4.05. The average molecular weight is 349 g/mol. The van der Waals surface area contributed by atoms with Gasteiger partial charge in [0.25, 0.3) is 0 Å². The summed E-state index contributed by atoms with van der Waals surface area (Å²) < 4.78 is 5.28. The van der Waals surface area contributed by atoms with Crippen LogP contribution in [0.3, 0.4) is 0 Å². The van der Waals surface area contributed by atoms with Gasteiger partial charge in [0.15, 0.2) is 5.82 Å². The minimum Gasteiger partial charge on any atom is -0.361 e. The number of aryl methyl sites for hydroxylation is 2. The third-order valence-electron chi connectivity index (χ3n) is 4.93. The molecule has 0 spiro atoms. The third-order valence-corrected chi connectivity index (χ3v) is 4.93. The molecule has 0 aliphatic carbocycles. The summed E-state index contributed by atoms with van der Waals surface area (Å²) >= 11 is 0. The molecule has 0 saturated carbocycles. The number of nitrogens with zero attached hydrogens (tertiary/aromatic N) is 5. The number of benzene rings is 1. The van der Waals surface area contributed by atoms with Crippen LogP contribution in [0.1, 0.15) is 17.0 Å². The van der Waals surface area contributed by atoms with Crippen molar-refractivity contribution in [2.75, 3.05) is 31.1 Å². The van der Waals surface area contributed by atoms with Gasteiger partial charge < -0.3 is 9.42 Å². The van der Waals surface area contributed by atoms with Crippen molar-refractivity contribution in [3.63, 3.8) is 0 Å². The largest absolute Gasteiger partial charge is 0.361 e. The Kier molecular flexibility index (Phi) is 4.67. The van der Waals surface area contributed by atoms with E-state index in [0.717, 1.165) is 61.4 Å². The van der Waals surface area contributed by atoms with Crippen molar-refractivity contribution >= 4 is 5.82 Å². The maximum atomic E-state index is 5.28. The van der Waals surface area contributed by atoms with Gasteiger partial charge in [-0.2, -0.15) is 0 Å². The van der Waals surface area contributed by atoms with Crippen LogP contribution in [0.4, 0.5) is 5.82 Å². The van der Waals surface area contributed by atoms with Crippen molar-refractivity contribution in [3.8, 4) is 11.4 Å². The zero-order chi connectivity index (χ0) is 17.9. The minimum atomic E-state index is 0.779. The van der Waals surface area contributed by atoms with E-state index >= 15 is 0 Å². The Bertz CT molecular complexity index is 849. The second-order valence-corrected chi connectivity index (χ2v) is 6.67. The molecule has 4 rings (SSSR count). The summed E-state index contributed by atoms with van der Waals surface area (Å²) in [4.78, 5) is 14.0. The van der Waals surface area contributed by atoms with E-state index in [-0.39, 0.29) is 0 Å². The lowest BCUT2D eigenvalue weighted by molar-refractivity contribution is 0.247. The molecule has 1 aromatic carbocycles. The van der Waals surface area contributed by atoms with Crippen LogP contribution in [0.5, 0.6) is 0 Å². The highest BCUT2D eigenvalue weighted by atomic mass is 16.5. The summed E-state index contributed by atoms with van der Waals surface area (Å²) in [6, 6.07) is 12.1. The second-order valence-electron chi connectivity index (χ2n) is 6.67. The normalized spacial score (nSPS) is 15.4. The number of aromatic nitrogens is 3. The fourth-order valence-corrected chi connectivity index (χ4v) is 3.34. The van der Waals surface area contributed by atoms with Crippen LogP contribution >= 0.6 is 0 Å². The van der Waals surface area contributed by atoms with E-state index in [2.05, 4.69) is 19.9 Å². The molecule has 134 valence electrons. The number of hydrogen-bond donors (Lipinski definition) is 0. The molecule has 0 radical (unpaired) electrons. The Balaban J connectivity index is 1.42. The van der Waals surface area contributed by atoms with Crippen LogP contribution in [0.2, 0.25) is 0 Å². The van der Waals surface area contributed by atoms with Gasteiger partial charge in [-0.05, 0) is 19.9 Å². The second kappa shape index (κ2) is 7.25. The van der Waals surface area contributed by atoms with Gasteiger partial charge in [-0.15, -0.1) is 0 Å². The number of hydrogen-bond acceptors (Lipinski definition) is 6. The van der Waals surface area contributed by atoms with Gasteiger partial charge >= 0.3 is 0 Å². The highest BCUT2D eigenvalue weighted by Gasteiger charge is 2.21. The fraction of sp³-hybridized carbons (Fsp3) is 0.350. The molecule has 6 nitrogen and oxygen atoms in total. The van der Waals surface area contributed by atoms with Crippen molar-refractivity contribution in [1.82, 2.24) is 20.0 Å². The first kappa shape index (κ1) is 16.7. The zero-order valence-corrected chi connectivity index (χ0v) is 15.2. The molecule has 3 aromatic rings. The van der Waals surface area contributed by atoms with E-state index in [1.165, 1.54) is 5.56 Å². The monoisotopic (exact) mass is 349 g/mol. The molecular weight excluding hydrogens is 326 g/mol. The van der Waals surface area contributed by atoms with E-state index in [1.54, 1.807) is 0 Å². The maximum absolute atomic E-state index is 5.28. The van der Waals surface area contributed by atoms with Crippen LogP contribution in [0.15, 0.2) is 47.1 Å². The Morgan fingerprint density at radius 2 is 1.77 bits per heavy atom. The Morgan fingerprint density at radius 3 is 2.46 bits per heavy atom. The molecular formula is C20H23N5O. The van der Waals surface area contributed by atoms with Gasteiger partial charge in [-0.1, -0.05) is 35.5 Å². The third kappa shape index (κ3) is 3.46. The van der Waals surface area contributed by atoms with Crippen molar-refractivity contribution < 1.29 is 4.52 Å². The molecule has 0 N–H and O–H groups in total. The Labute approximate surface area is 153 Å². The molecule has 1 saturated heterocycles. The van der Waals surface area contributed by atoms with E-state index < -0.39 is 0 Å². The summed E-state index contributed by atoms with van der Waals surface area (Å²) in [6.45, 7) is 8.78. The quantitative estimate of drug-likeness (QED) is 0.721. The molecule has 1 aliphatic rings. The van der Waals surface area contributed by atoms with Crippen LogP contribution < -0.4 is 4.90 Å². The predicted molar refractivity (Wildman–Crippen MR) is 101 cm³/mol. The molecule has 0 amide bonds. The smallest absolute Gasteiger partial charge is 0.161 e. The van der Waals surface area contributed by atoms with E-state index in [4.69, 9.17) is 9.51 Å². The molecule has 0 unspecified atom stereocenters. The van der Waals surface area contributed by atoms with E-state index in [1.807, 2.05) is 56.4 Å². The fourth-order valence-electron chi connectivity index (χ4n) is 3.34. The number of piperazine rings is 1. The van der Waals surface area contributed by atoms with E-state index in [9.17, 15) is 0 Å². The first-order valence-corrected chi connectivity index (χ1v) is 8.98. The number of rotatable bonds is 4. The number of anilines is 1. The molecule has 6 heteroatoms. The van der Waals surface area contributed by atoms with Crippen molar-refractivity contribution in [1.29, 1.82) is 0 Å². The molecule has 0 atom stereocenters. The summed E-state index contributed by atoms with van der Waals surface area (Å²) in [5.41, 5.74) is 3.26. The van der Waals surface area contributed by atoms with Crippen LogP contribution in [0.25, 0.3) is 11.4 Å². The lowest BCUT2D eigenvalue weighted by Crippen LogP contribution is -2.46. The molecule has 2 aromatic heterocycles. The van der Waals surface area contributed by atoms with Gasteiger partial charge in [0.2, 0.25) is 0 Å². The van der Waals surface area contributed by atoms with Gasteiger partial charge in [0, 0.05) is 50.0 Å². The molecule has 1 fully saturated rings. The maximum Gasteiger partial charge on any atom is 0.161 e. The zero-order valence-electron chi connectivity index (χ0n) is 15.2. The van der Waals surface area contributed by atoms with Crippen LogP contribution in [0, 0.1) is 13.8 Å². The molecule has 0 bridgehead atoms. The van der Waals surface area contributed by atoms with Gasteiger partial charge in [0.05, 0.1) is 5.69 Å². The summed E-state index contributed by atoms with van der Waals surface area (Å²) in [5.74, 6) is 2.70. The highest BCUT2D eigenvalue weighted by molar-refractivity contribution is 5.57. The van der Waals surface area contributed by atoms with Gasteiger partial charge in [-0.3, -0.25) is 4.90 Å². The summed E-state index contributed by atoms with van der Waals surface area (Å²) in [7, 11) is 0. The molecule has 1 aliphatic heterocycles. The molecule has 26 heavy (non-hydrogen) atoms. The highest BCUT2D eigenvalue weighted by Crippen LogP contribution is 2.21. The first-order chi connectivity index (χ1) is 12.7. The Hall–Kier alpha value is -2.73. The SMILES string of the molecule is Cc1noc(C)c1CN1CCN(c2ccnc(-c3ccccc3)n2)CC1. The molecule has 3 heterocycles. The lowest BCUT2D eigenvalue weighted by atomic mass is 10.2. The summed E-state index contributed by atoms with van der Waals surface area (Å²) in [6.07, 6.45) is 1.85. The average Bonchev–Trinajstić information content (AvgIpc) is 3.01. The van der Waals surface area contributed by atoms with Crippen molar-refractivity contribution in [2.24, 2.45) is 0 Å². The van der Waals surface area contributed by atoms with Gasteiger partial charge in [0.1, 0.15) is 11.6 Å². The predicted octanol–water partition coefficient (Wildman–Crippen LogP) is 3.07. The van der Waals surface area contributed by atoms with Crippen molar-refractivity contribution in [2.45, 2.75) is 20.4 Å². The first-order valence-electron chi connectivity index (χ1n) is 8.98. The lowest BCUT2D eigenvalue weighted by Gasteiger charge is -2.35. The van der Waals surface area contributed by atoms with Crippen LogP contribution in [-0.4, -0.2) is 46.2 Å². The van der Waals surface area contributed by atoms with Crippen molar-refractivity contribution in [3.05, 3.63) is 59.6 Å². The Morgan fingerprint density at radius 1 is 1.00 bits per heavy atom. The van der Waals surface area contributed by atoms with E-state index in [0.29, 0.717) is 0 Å². The topological polar surface area (TPSA) is 58.3 Å². The standard InChI is InChI=1S/C20H23N5O/c1-15-18(16(2)26-23-15)14-24-10-12-25(13-11-24)19-8-9-21-20(22-19)17-6-4-3-5-7-17/h3-9H,10-14H2,1-2H3. The minimum absolute atomic E-state index is 0.779. The van der Waals surface area contributed by atoms with Gasteiger partial charge in [-0.25, -0.2) is 9.97 Å².